The van der Waals surface area contributed by atoms with Crippen LogP contribution in [-0.2, 0) is 7.05 Å². The molecule has 15 heavy (non-hydrogen) atoms. The molecule has 78 valence electrons. The van der Waals surface area contributed by atoms with Crippen LogP contribution in [0.1, 0.15) is 0 Å². The molecule has 0 spiro atoms. The van der Waals surface area contributed by atoms with E-state index in [4.69, 9.17) is 4.74 Å². The fourth-order valence-corrected chi connectivity index (χ4v) is 2.50. The van der Waals surface area contributed by atoms with Crippen molar-refractivity contribution in [3.8, 4) is 5.75 Å². The molecule has 1 heterocycles. The van der Waals surface area contributed by atoms with Crippen LogP contribution in [0.3, 0.4) is 0 Å². The molecule has 0 radical (unpaired) electrons. The molecule has 2 rings (SSSR count). The molecule has 2 aromatic rings. The lowest BCUT2D eigenvalue weighted by molar-refractivity contribution is 0.415. The lowest BCUT2D eigenvalue weighted by Gasteiger charge is -2.10. The summed E-state index contributed by atoms with van der Waals surface area (Å²) in [5.74, 6) is 0.661. The SMILES string of the molecule is COc1c(I)c(=O)n(C)c2ccccc12. The lowest BCUT2D eigenvalue weighted by atomic mass is 10.2. The maximum Gasteiger partial charge on any atom is 0.268 e. The monoisotopic (exact) mass is 315 g/mol. The van der Waals surface area contributed by atoms with Gasteiger partial charge in [-0.15, -0.1) is 0 Å². The van der Waals surface area contributed by atoms with E-state index in [0.29, 0.717) is 9.32 Å². The zero-order chi connectivity index (χ0) is 11.0. The number of ether oxygens (including phenoxy) is 1. The highest BCUT2D eigenvalue weighted by molar-refractivity contribution is 14.1. The average molecular weight is 315 g/mol. The second kappa shape index (κ2) is 3.84. The first-order valence-corrected chi connectivity index (χ1v) is 5.56. The number of benzene rings is 1. The third kappa shape index (κ3) is 1.52. The van der Waals surface area contributed by atoms with E-state index in [1.54, 1.807) is 18.7 Å². The highest BCUT2D eigenvalue weighted by Crippen LogP contribution is 2.27. The second-order valence-corrected chi connectivity index (χ2v) is 4.31. The van der Waals surface area contributed by atoms with Crippen molar-refractivity contribution in [2.24, 2.45) is 7.05 Å². The van der Waals surface area contributed by atoms with Crippen LogP contribution < -0.4 is 10.3 Å². The molecule has 0 saturated carbocycles. The summed E-state index contributed by atoms with van der Waals surface area (Å²) in [7, 11) is 3.36. The molecule has 0 aliphatic rings. The molecule has 0 N–H and O–H groups in total. The van der Waals surface area contributed by atoms with E-state index in [1.165, 1.54) is 0 Å². The number of aromatic nitrogens is 1. The number of fused-ring (bicyclic) bond motifs is 1. The molecule has 0 bridgehead atoms. The predicted octanol–water partition coefficient (Wildman–Crippen LogP) is 2.15. The Labute approximate surface area is 101 Å². The standard InChI is InChI=1S/C11H10INO2/c1-13-8-6-4-3-5-7(8)10(15-2)9(12)11(13)14/h3-6H,1-2H3. The summed E-state index contributed by atoms with van der Waals surface area (Å²) in [5.41, 5.74) is 0.867. The van der Waals surface area contributed by atoms with Gasteiger partial charge in [0.2, 0.25) is 0 Å². The minimum atomic E-state index is -0.0221. The summed E-state index contributed by atoms with van der Waals surface area (Å²) < 4.78 is 7.53. The van der Waals surface area contributed by atoms with E-state index in [0.717, 1.165) is 10.9 Å². The fraction of sp³-hybridized carbons (Fsp3) is 0.182. The molecule has 0 unspecified atom stereocenters. The van der Waals surface area contributed by atoms with Gasteiger partial charge in [0, 0.05) is 12.4 Å². The van der Waals surface area contributed by atoms with Crippen LogP contribution in [0.5, 0.6) is 5.75 Å². The number of hydrogen-bond acceptors (Lipinski definition) is 2. The van der Waals surface area contributed by atoms with Crippen molar-refractivity contribution >= 4 is 33.5 Å². The molecular weight excluding hydrogens is 305 g/mol. The molecule has 0 saturated heterocycles. The van der Waals surface area contributed by atoms with Crippen molar-refractivity contribution in [1.82, 2.24) is 4.57 Å². The van der Waals surface area contributed by atoms with Crippen molar-refractivity contribution in [1.29, 1.82) is 0 Å². The minimum Gasteiger partial charge on any atom is -0.495 e. The summed E-state index contributed by atoms with van der Waals surface area (Å²) in [6.07, 6.45) is 0. The number of nitrogens with zero attached hydrogens (tertiary/aromatic N) is 1. The first kappa shape index (κ1) is 10.5. The van der Waals surface area contributed by atoms with E-state index < -0.39 is 0 Å². The zero-order valence-electron chi connectivity index (χ0n) is 8.45. The number of halogens is 1. The first-order valence-electron chi connectivity index (χ1n) is 4.48. The zero-order valence-corrected chi connectivity index (χ0v) is 10.6. The molecule has 0 aliphatic carbocycles. The molecule has 4 heteroatoms. The van der Waals surface area contributed by atoms with Crippen LogP contribution in [0.4, 0.5) is 0 Å². The Bertz CT molecular complexity index is 575. The Morgan fingerprint density at radius 2 is 2.00 bits per heavy atom. The Kier molecular flexibility index (Phi) is 2.68. The van der Waals surface area contributed by atoms with Gasteiger partial charge < -0.3 is 9.30 Å². The summed E-state index contributed by atoms with van der Waals surface area (Å²) in [4.78, 5) is 11.8. The third-order valence-corrected chi connectivity index (χ3v) is 3.36. The maximum atomic E-state index is 11.8. The highest BCUT2D eigenvalue weighted by atomic mass is 127. The van der Waals surface area contributed by atoms with Gasteiger partial charge in [0.15, 0.2) is 0 Å². The van der Waals surface area contributed by atoms with Crippen molar-refractivity contribution < 1.29 is 4.74 Å². The Morgan fingerprint density at radius 3 is 2.67 bits per heavy atom. The summed E-state index contributed by atoms with van der Waals surface area (Å²) in [6, 6.07) is 7.71. The highest BCUT2D eigenvalue weighted by Gasteiger charge is 2.12. The first-order chi connectivity index (χ1) is 7.16. The number of para-hydroxylation sites is 1. The van der Waals surface area contributed by atoms with Crippen molar-refractivity contribution in [2.45, 2.75) is 0 Å². The summed E-state index contributed by atoms with van der Waals surface area (Å²) >= 11 is 2.02. The number of rotatable bonds is 1. The molecule has 0 atom stereocenters. The van der Waals surface area contributed by atoms with Crippen LogP contribution in [0.25, 0.3) is 10.9 Å². The normalized spacial score (nSPS) is 10.6. The van der Waals surface area contributed by atoms with Crippen LogP contribution in [0, 0.1) is 3.57 Å². The van der Waals surface area contributed by atoms with Gasteiger partial charge >= 0.3 is 0 Å². The van der Waals surface area contributed by atoms with Gasteiger partial charge in [-0.05, 0) is 34.7 Å². The molecule has 1 aromatic heterocycles. The number of hydrogen-bond donors (Lipinski definition) is 0. The minimum absolute atomic E-state index is 0.0221. The van der Waals surface area contributed by atoms with Crippen LogP contribution >= 0.6 is 22.6 Å². The quantitative estimate of drug-likeness (QED) is 0.755. The number of aryl methyl sites for hydroxylation is 1. The molecular formula is C11H10INO2. The van der Waals surface area contributed by atoms with E-state index in [9.17, 15) is 4.79 Å². The van der Waals surface area contributed by atoms with E-state index in [2.05, 4.69) is 0 Å². The van der Waals surface area contributed by atoms with E-state index >= 15 is 0 Å². The summed E-state index contributed by atoms with van der Waals surface area (Å²) in [5, 5.41) is 0.964. The Hall–Kier alpha value is -1.04. The third-order valence-electron chi connectivity index (χ3n) is 2.41. The molecule has 1 aromatic carbocycles. The fourth-order valence-electron chi connectivity index (χ4n) is 1.63. The average Bonchev–Trinajstić information content (AvgIpc) is 2.27. The van der Waals surface area contributed by atoms with E-state index in [-0.39, 0.29) is 5.56 Å². The molecule has 0 fully saturated rings. The topological polar surface area (TPSA) is 31.2 Å². The van der Waals surface area contributed by atoms with Gasteiger partial charge in [-0.3, -0.25) is 4.79 Å². The predicted molar refractivity (Wildman–Crippen MR) is 68.5 cm³/mol. The van der Waals surface area contributed by atoms with Crippen molar-refractivity contribution in [3.63, 3.8) is 0 Å². The molecule has 0 aliphatic heterocycles. The van der Waals surface area contributed by atoms with Crippen LogP contribution in [0.2, 0.25) is 0 Å². The maximum absolute atomic E-state index is 11.8. The van der Waals surface area contributed by atoms with E-state index in [1.807, 2.05) is 46.9 Å². The molecule has 3 nitrogen and oxygen atoms in total. The van der Waals surface area contributed by atoms with Crippen molar-refractivity contribution in [3.05, 3.63) is 38.2 Å². The summed E-state index contributed by atoms with van der Waals surface area (Å²) in [6.45, 7) is 0. The van der Waals surface area contributed by atoms with Gasteiger partial charge in [-0.2, -0.15) is 0 Å². The number of methoxy groups -OCH3 is 1. The van der Waals surface area contributed by atoms with Gasteiger partial charge in [0.25, 0.3) is 5.56 Å². The Morgan fingerprint density at radius 1 is 1.33 bits per heavy atom. The van der Waals surface area contributed by atoms with Gasteiger partial charge in [-0.25, -0.2) is 0 Å². The van der Waals surface area contributed by atoms with Crippen molar-refractivity contribution in [2.75, 3.05) is 7.11 Å². The van der Waals surface area contributed by atoms with Gasteiger partial charge in [0.1, 0.15) is 9.32 Å². The second-order valence-electron chi connectivity index (χ2n) is 3.23. The smallest absolute Gasteiger partial charge is 0.268 e. The lowest BCUT2D eigenvalue weighted by Crippen LogP contribution is -2.20. The van der Waals surface area contributed by atoms with Crippen LogP contribution in [-0.4, -0.2) is 11.7 Å². The Balaban J connectivity index is 3.05. The van der Waals surface area contributed by atoms with Gasteiger partial charge in [-0.1, -0.05) is 12.1 Å². The largest absolute Gasteiger partial charge is 0.495 e. The van der Waals surface area contributed by atoms with Crippen LogP contribution in [0.15, 0.2) is 29.1 Å². The number of pyridine rings is 1. The molecule has 0 amide bonds. The van der Waals surface area contributed by atoms with Gasteiger partial charge in [0.05, 0.1) is 12.6 Å².